The molecule has 168 valence electrons. The summed E-state index contributed by atoms with van der Waals surface area (Å²) < 4.78 is 0. The van der Waals surface area contributed by atoms with E-state index in [9.17, 15) is 4.79 Å². The molecule has 3 heteroatoms. The molecule has 0 unspecified atom stereocenters. The van der Waals surface area contributed by atoms with Gasteiger partial charge in [-0.15, -0.1) is 0 Å². The summed E-state index contributed by atoms with van der Waals surface area (Å²) in [6.45, 7) is 16.9. The average molecular weight is 421 g/mol. The van der Waals surface area contributed by atoms with Crippen LogP contribution in [0.5, 0.6) is 0 Å². The largest absolute Gasteiger partial charge is 0.335 e. The second-order valence-corrected chi connectivity index (χ2v) is 9.57. The third kappa shape index (κ3) is 6.20. The first-order valence-corrected chi connectivity index (χ1v) is 11.9. The van der Waals surface area contributed by atoms with Crippen molar-refractivity contribution in [2.24, 2.45) is 0 Å². The van der Waals surface area contributed by atoms with Crippen LogP contribution in [0.1, 0.15) is 65.1 Å². The minimum atomic E-state index is 0.281. The number of hydrogen-bond acceptors (Lipinski definition) is 2. The second kappa shape index (κ2) is 10.5. The van der Waals surface area contributed by atoms with Gasteiger partial charge in [0, 0.05) is 38.6 Å². The number of carbonyl (C=O) groups is 1. The van der Waals surface area contributed by atoms with Crippen LogP contribution in [0.2, 0.25) is 0 Å². The molecule has 0 saturated carbocycles. The van der Waals surface area contributed by atoms with Gasteiger partial charge in [0.05, 0.1) is 0 Å². The van der Waals surface area contributed by atoms with E-state index in [-0.39, 0.29) is 5.91 Å². The zero-order valence-corrected chi connectivity index (χ0v) is 20.4. The van der Waals surface area contributed by atoms with E-state index in [4.69, 9.17) is 0 Å². The molecule has 1 heterocycles. The van der Waals surface area contributed by atoms with Crippen molar-refractivity contribution < 1.29 is 4.79 Å². The highest BCUT2D eigenvalue weighted by molar-refractivity contribution is 5.76. The minimum absolute atomic E-state index is 0.281. The van der Waals surface area contributed by atoms with Crippen LogP contribution >= 0.6 is 0 Å². The summed E-state index contributed by atoms with van der Waals surface area (Å²) >= 11 is 0. The first kappa shape index (κ1) is 23.5. The fraction of sp³-hybridized carbons (Fsp3) is 0.536. The van der Waals surface area contributed by atoms with Crippen LogP contribution in [-0.4, -0.2) is 41.4 Å². The van der Waals surface area contributed by atoms with Crippen molar-refractivity contribution in [1.29, 1.82) is 0 Å². The molecule has 0 atom stereocenters. The van der Waals surface area contributed by atoms with Crippen LogP contribution in [0.15, 0.2) is 30.3 Å². The van der Waals surface area contributed by atoms with E-state index < -0.39 is 0 Å². The van der Waals surface area contributed by atoms with E-state index in [0.29, 0.717) is 12.5 Å². The molecule has 3 nitrogen and oxygen atoms in total. The van der Waals surface area contributed by atoms with E-state index in [1.165, 1.54) is 38.9 Å². The molecule has 1 aliphatic heterocycles. The zero-order valence-electron chi connectivity index (χ0n) is 20.4. The van der Waals surface area contributed by atoms with E-state index in [2.05, 4.69) is 74.8 Å². The number of amides is 1. The van der Waals surface area contributed by atoms with Crippen molar-refractivity contribution in [2.75, 3.05) is 19.6 Å². The number of likely N-dealkylation sites (tertiary alicyclic amines) is 1. The predicted molar refractivity (Wildman–Crippen MR) is 131 cm³/mol. The van der Waals surface area contributed by atoms with Gasteiger partial charge >= 0.3 is 0 Å². The van der Waals surface area contributed by atoms with Gasteiger partial charge in [-0.05, 0) is 76.1 Å². The monoisotopic (exact) mass is 420 g/mol. The Bertz CT molecular complexity index is 866. The smallest absolute Gasteiger partial charge is 0.222 e. The Kier molecular flexibility index (Phi) is 7.94. The van der Waals surface area contributed by atoms with E-state index in [1.54, 1.807) is 0 Å². The lowest BCUT2D eigenvalue weighted by atomic mass is 9.96. The van der Waals surface area contributed by atoms with Crippen molar-refractivity contribution in [2.45, 2.75) is 79.8 Å². The Balaban J connectivity index is 1.60. The van der Waals surface area contributed by atoms with Crippen LogP contribution in [0, 0.1) is 34.6 Å². The lowest BCUT2D eigenvalue weighted by molar-refractivity contribution is -0.135. The van der Waals surface area contributed by atoms with Crippen LogP contribution in [0.3, 0.4) is 0 Å². The Morgan fingerprint density at radius 2 is 1.45 bits per heavy atom. The molecule has 1 saturated heterocycles. The summed E-state index contributed by atoms with van der Waals surface area (Å²) in [4.78, 5) is 17.5. The summed E-state index contributed by atoms with van der Waals surface area (Å²) in [6, 6.07) is 11.6. The number of rotatable bonds is 7. The number of nitrogens with zero attached hydrogens (tertiary/aromatic N) is 2. The molecule has 2 aromatic rings. The Morgan fingerprint density at radius 3 is 2.00 bits per heavy atom. The molecule has 0 spiro atoms. The van der Waals surface area contributed by atoms with Gasteiger partial charge in [-0.3, -0.25) is 4.79 Å². The highest BCUT2D eigenvalue weighted by Gasteiger charge is 2.27. The molecule has 2 aromatic carbocycles. The fourth-order valence-electron chi connectivity index (χ4n) is 5.31. The Morgan fingerprint density at radius 1 is 0.903 bits per heavy atom. The lowest BCUT2D eigenvalue weighted by Crippen LogP contribution is -2.47. The van der Waals surface area contributed by atoms with Gasteiger partial charge in [0.2, 0.25) is 5.91 Å². The fourth-order valence-corrected chi connectivity index (χ4v) is 5.31. The van der Waals surface area contributed by atoms with Crippen molar-refractivity contribution >= 4 is 5.91 Å². The Hall–Kier alpha value is -2.13. The Labute approximate surface area is 189 Å². The van der Waals surface area contributed by atoms with Crippen LogP contribution in [0.4, 0.5) is 0 Å². The van der Waals surface area contributed by atoms with Gasteiger partial charge < -0.3 is 9.80 Å². The lowest BCUT2D eigenvalue weighted by Gasteiger charge is -2.39. The summed E-state index contributed by atoms with van der Waals surface area (Å²) in [5.74, 6) is 0.281. The van der Waals surface area contributed by atoms with Gasteiger partial charge in [-0.25, -0.2) is 0 Å². The van der Waals surface area contributed by atoms with Gasteiger partial charge in [-0.2, -0.15) is 0 Å². The van der Waals surface area contributed by atoms with Crippen molar-refractivity contribution in [1.82, 2.24) is 9.80 Å². The van der Waals surface area contributed by atoms with Gasteiger partial charge in [-0.1, -0.05) is 53.9 Å². The van der Waals surface area contributed by atoms with E-state index >= 15 is 0 Å². The number of benzene rings is 2. The van der Waals surface area contributed by atoms with Crippen LogP contribution < -0.4 is 0 Å². The highest BCUT2D eigenvalue weighted by Crippen LogP contribution is 2.23. The molecular formula is C28H40N2O. The highest BCUT2D eigenvalue weighted by atomic mass is 16.2. The topological polar surface area (TPSA) is 23.6 Å². The summed E-state index contributed by atoms with van der Waals surface area (Å²) in [7, 11) is 0. The van der Waals surface area contributed by atoms with Gasteiger partial charge in [0.15, 0.2) is 0 Å². The summed E-state index contributed by atoms with van der Waals surface area (Å²) in [6.07, 6.45) is 3.84. The number of piperidine rings is 1. The molecular weight excluding hydrogens is 380 g/mol. The first-order valence-electron chi connectivity index (χ1n) is 11.9. The normalized spacial score (nSPS) is 15.3. The summed E-state index contributed by atoms with van der Waals surface area (Å²) in [5, 5.41) is 0. The third-order valence-electron chi connectivity index (χ3n) is 6.77. The van der Waals surface area contributed by atoms with Crippen LogP contribution in [-0.2, 0) is 17.8 Å². The molecule has 0 bridgehead atoms. The molecule has 0 aromatic heterocycles. The van der Waals surface area contributed by atoms with Gasteiger partial charge in [0.25, 0.3) is 0 Å². The van der Waals surface area contributed by atoms with Gasteiger partial charge in [0.1, 0.15) is 0 Å². The van der Waals surface area contributed by atoms with Crippen molar-refractivity contribution in [3.63, 3.8) is 0 Å². The second-order valence-electron chi connectivity index (χ2n) is 9.57. The maximum Gasteiger partial charge on any atom is 0.222 e. The summed E-state index contributed by atoms with van der Waals surface area (Å²) in [5.41, 5.74) is 9.49. The maximum atomic E-state index is 12.8. The molecule has 3 rings (SSSR count). The average Bonchev–Trinajstić information content (AvgIpc) is 2.70. The van der Waals surface area contributed by atoms with Crippen molar-refractivity contribution in [3.8, 4) is 0 Å². The van der Waals surface area contributed by atoms with Crippen LogP contribution in [0.25, 0.3) is 0 Å². The standard InChI is InChI=1S/C28H40N2O/c1-7-28(31)30(19-25-17-20(2)14-21(3)18-25)26-8-11-29(12-9-26)13-10-27-23(5)15-22(4)16-24(27)6/h14-18,26H,7-13,19H2,1-6H3. The molecule has 1 amide bonds. The maximum absolute atomic E-state index is 12.8. The number of carbonyl (C=O) groups excluding carboxylic acids is 1. The zero-order chi connectivity index (χ0) is 22.5. The molecule has 0 N–H and O–H groups in total. The molecule has 31 heavy (non-hydrogen) atoms. The van der Waals surface area contributed by atoms with E-state index in [1.807, 2.05) is 6.92 Å². The van der Waals surface area contributed by atoms with Crippen molar-refractivity contribution in [3.05, 3.63) is 69.3 Å². The quantitative estimate of drug-likeness (QED) is 0.576. The molecule has 1 aliphatic rings. The van der Waals surface area contributed by atoms with E-state index in [0.717, 1.165) is 45.4 Å². The third-order valence-corrected chi connectivity index (χ3v) is 6.77. The number of hydrogen-bond donors (Lipinski definition) is 0. The molecule has 0 aliphatic carbocycles. The first-order chi connectivity index (χ1) is 14.8. The molecule has 0 radical (unpaired) electrons. The minimum Gasteiger partial charge on any atom is -0.335 e. The molecule has 1 fully saturated rings. The number of aryl methyl sites for hydroxylation is 5. The SMILES string of the molecule is CCC(=O)N(Cc1cc(C)cc(C)c1)C1CCN(CCc2c(C)cc(C)cc2C)CC1. The predicted octanol–water partition coefficient (Wildman–Crippen LogP) is 5.67.